The third kappa shape index (κ3) is 3.09. The van der Waals surface area contributed by atoms with Gasteiger partial charge in [-0.15, -0.1) is 11.3 Å². The van der Waals surface area contributed by atoms with Gasteiger partial charge in [0.25, 0.3) is 0 Å². The van der Waals surface area contributed by atoms with Gasteiger partial charge in [0.05, 0.1) is 15.5 Å². The van der Waals surface area contributed by atoms with Gasteiger partial charge in [0.1, 0.15) is 11.0 Å². The SMILES string of the molecule is Brc1cccs1.c1ccc2nsnc2c1. The number of fused-ring (bicyclic) bond motifs is 1. The van der Waals surface area contributed by atoms with Crippen molar-refractivity contribution in [2.45, 2.75) is 0 Å². The fourth-order valence-corrected chi connectivity index (χ4v) is 2.43. The minimum absolute atomic E-state index is 0.988. The maximum atomic E-state index is 4.05. The lowest BCUT2D eigenvalue weighted by atomic mass is 10.3. The molecule has 0 N–H and O–H groups in total. The number of hydrogen-bond acceptors (Lipinski definition) is 4. The summed E-state index contributed by atoms with van der Waals surface area (Å²) in [6.45, 7) is 0. The summed E-state index contributed by atoms with van der Waals surface area (Å²) < 4.78 is 9.30. The van der Waals surface area contributed by atoms with E-state index >= 15 is 0 Å². The molecule has 0 unspecified atom stereocenters. The van der Waals surface area contributed by atoms with Crippen molar-refractivity contribution in [1.29, 1.82) is 0 Å². The lowest BCUT2D eigenvalue weighted by molar-refractivity contribution is 1.64. The van der Waals surface area contributed by atoms with Crippen LogP contribution >= 0.6 is 39.0 Å². The molecule has 2 heterocycles. The van der Waals surface area contributed by atoms with Gasteiger partial charge in [0.2, 0.25) is 0 Å². The third-order valence-electron chi connectivity index (χ3n) is 1.65. The van der Waals surface area contributed by atoms with Crippen LogP contribution in [0.25, 0.3) is 11.0 Å². The molecule has 0 aliphatic carbocycles. The lowest BCUT2D eigenvalue weighted by Crippen LogP contribution is -1.63. The first-order valence-corrected chi connectivity index (χ1v) is 6.63. The second kappa shape index (κ2) is 5.34. The molecule has 0 bridgehead atoms. The van der Waals surface area contributed by atoms with E-state index in [9.17, 15) is 0 Å². The highest BCUT2D eigenvalue weighted by atomic mass is 79.9. The third-order valence-corrected chi connectivity index (χ3v) is 3.68. The Morgan fingerprint density at radius 1 is 0.933 bits per heavy atom. The van der Waals surface area contributed by atoms with Crippen LogP contribution in [0.2, 0.25) is 0 Å². The first-order valence-electron chi connectivity index (χ1n) is 4.22. The van der Waals surface area contributed by atoms with Crippen LogP contribution in [0, 0.1) is 0 Å². The average molecular weight is 299 g/mol. The van der Waals surface area contributed by atoms with Gasteiger partial charge >= 0.3 is 0 Å². The van der Waals surface area contributed by atoms with Gasteiger partial charge in [-0.05, 0) is 39.5 Å². The fourth-order valence-electron chi connectivity index (χ4n) is 0.985. The van der Waals surface area contributed by atoms with E-state index in [0.29, 0.717) is 0 Å². The van der Waals surface area contributed by atoms with Gasteiger partial charge in [-0.2, -0.15) is 8.75 Å². The molecule has 0 aliphatic rings. The average Bonchev–Trinajstić information content (AvgIpc) is 2.88. The largest absolute Gasteiger partial charge is 0.173 e. The number of rotatable bonds is 0. The molecule has 0 saturated carbocycles. The first-order chi connectivity index (χ1) is 7.36. The van der Waals surface area contributed by atoms with Crippen molar-refractivity contribution in [2.75, 3.05) is 0 Å². The van der Waals surface area contributed by atoms with Gasteiger partial charge in [-0.1, -0.05) is 18.2 Å². The monoisotopic (exact) mass is 298 g/mol. The van der Waals surface area contributed by atoms with Crippen LogP contribution in [0.4, 0.5) is 0 Å². The molecule has 0 fully saturated rings. The second-order valence-corrected chi connectivity index (χ2v) is 5.53. The van der Waals surface area contributed by atoms with E-state index in [1.54, 1.807) is 11.3 Å². The molecular formula is C10H7BrN2S2. The minimum Gasteiger partial charge on any atom is -0.173 e. The van der Waals surface area contributed by atoms with Crippen LogP contribution in [0.15, 0.2) is 45.6 Å². The molecule has 15 heavy (non-hydrogen) atoms. The number of aromatic nitrogens is 2. The molecule has 0 amide bonds. The highest BCUT2D eigenvalue weighted by Crippen LogP contribution is 2.14. The number of thiophene rings is 1. The van der Waals surface area contributed by atoms with Gasteiger partial charge < -0.3 is 0 Å². The zero-order valence-corrected chi connectivity index (χ0v) is 10.8. The van der Waals surface area contributed by atoms with E-state index in [1.165, 1.54) is 15.5 Å². The quantitative estimate of drug-likeness (QED) is 0.621. The molecule has 0 saturated heterocycles. The Morgan fingerprint density at radius 3 is 2.00 bits per heavy atom. The highest BCUT2D eigenvalue weighted by molar-refractivity contribution is 9.11. The standard InChI is InChI=1S/C6H4N2S.C4H3BrS/c1-2-4-6-5(3-1)7-9-8-6;5-4-2-1-3-6-4/h1-4H;1-3H. The number of halogens is 1. The van der Waals surface area contributed by atoms with Crippen LogP contribution in [0.1, 0.15) is 0 Å². The Hall–Kier alpha value is -0.780. The molecular weight excluding hydrogens is 292 g/mol. The normalized spacial score (nSPS) is 9.67. The van der Waals surface area contributed by atoms with Crippen molar-refractivity contribution in [3.63, 3.8) is 0 Å². The van der Waals surface area contributed by atoms with Crippen LogP contribution in [-0.4, -0.2) is 8.75 Å². The summed E-state index contributed by atoms with van der Waals surface area (Å²) in [4.78, 5) is 0. The second-order valence-electron chi connectivity index (χ2n) is 2.67. The van der Waals surface area contributed by atoms with E-state index in [0.717, 1.165) is 11.0 Å². The van der Waals surface area contributed by atoms with Crippen LogP contribution in [0.5, 0.6) is 0 Å². The molecule has 3 aromatic rings. The zero-order valence-electron chi connectivity index (χ0n) is 7.63. The maximum absolute atomic E-state index is 4.05. The summed E-state index contributed by atoms with van der Waals surface area (Å²) in [5.41, 5.74) is 1.98. The molecule has 0 atom stereocenters. The van der Waals surface area contributed by atoms with Crippen molar-refractivity contribution in [3.8, 4) is 0 Å². The molecule has 0 spiro atoms. The first kappa shape index (κ1) is 10.7. The molecule has 2 aromatic heterocycles. The van der Waals surface area contributed by atoms with E-state index < -0.39 is 0 Å². The molecule has 76 valence electrons. The van der Waals surface area contributed by atoms with Gasteiger partial charge in [-0.25, -0.2) is 0 Å². The fraction of sp³-hybridized carbons (Fsp3) is 0. The molecule has 5 heteroatoms. The predicted molar refractivity (Wildman–Crippen MR) is 69.4 cm³/mol. The van der Waals surface area contributed by atoms with Crippen LogP contribution < -0.4 is 0 Å². The Bertz CT molecular complexity index is 489. The number of hydrogen-bond donors (Lipinski definition) is 0. The van der Waals surface area contributed by atoms with Crippen molar-refractivity contribution >= 4 is 50.0 Å². The van der Waals surface area contributed by atoms with Crippen molar-refractivity contribution in [2.24, 2.45) is 0 Å². The summed E-state index contributed by atoms with van der Waals surface area (Å²) in [5, 5.41) is 2.03. The van der Waals surface area contributed by atoms with Crippen molar-refractivity contribution in [3.05, 3.63) is 45.6 Å². The molecule has 3 rings (SSSR count). The molecule has 1 aromatic carbocycles. The smallest absolute Gasteiger partial charge is 0.104 e. The molecule has 0 aliphatic heterocycles. The van der Waals surface area contributed by atoms with Crippen LogP contribution in [-0.2, 0) is 0 Å². The van der Waals surface area contributed by atoms with E-state index in [-0.39, 0.29) is 0 Å². The van der Waals surface area contributed by atoms with Crippen molar-refractivity contribution in [1.82, 2.24) is 8.75 Å². The molecule has 2 nitrogen and oxygen atoms in total. The summed E-state index contributed by atoms with van der Waals surface area (Å²) in [5.74, 6) is 0. The Kier molecular flexibility index (Phi) is 3.82. The summed E-state index contributed by atoms with van der Waals surface area (Å²) in [6.07, 6.45) is 0. The summed E-state index contributed by atoms with van der Waals surface area (Å²) in [7, 11) is 0. The summed E-state index contributed by atoms with van der Waals surface area (Å²) >= 11 is 6.25. The summed E-state index contributed by atoms with van der Waals surface area (Å²) in [6, 6.07) is 11.9. The Morgan fingerprint density at radius 2 is 1.60 bits per heavy atom. The Balaban J connectivity index is 0.000000124. The van der Waals surface area contributed by atoms with Crippen LogP contribution in [0.3, 0.4) is 0 Å². The minimum atomic E-state index is 0.988. The van der Waals surface area contributed by atoms with Crippen molar-refractivity contribution < 1.29 is 0 Å². The van der Waals surface area contributed by atoms with Gasteiger partial charge in [0.15, 0.2) is 0 Å². The van der Waals surface area contributed by atoms with E-state index in [2.05, 4.69) is 24.7 Å². The van der Waals surface area contributed by atoms with Gasteiger partial charge in [0, 0.05) is 0 Å². The Labute approximate surface area is 104 Å². The highest BCUT2D eigenvalue weighted by Gasteiger charge is 1.91. The van der Waals surface area contributed by atoms with E-state index in [1.807, 2.05) is 41.8 Å². The molecule has 0 radical (unpaired) electrons. The topological polar surface area (TPSA) is 25.8 Å². The lowest BCUT2D eigenvalue weighted by Gasteiger charge is -1.78. The van der Waals surface area contributed by atoms with Gasteiger partial charge in [-0.3, -0.25) is 0 Å². The number of nitrogens with zero attached hydrogens (tertiary/aromatic N) is 2. The maximum Gasteiger partial charge on any atom is 0.104 e. The van der Waals surface area contributed by atoms with E-state index in [4.69, 9.17) is 0 Å². The zero-order chi connectivity index (χ0) is 10.5. The number of benzene rings is 1. The predicted octanol–water partition coefficient (Wildman–Crippen LogP) is 4.20.